The lowest BCUT2D eigenvalue weighted by Gasteiger charge is -2.28. The zero-order valence-corrected chi connectivity index (χ0v) is 18.6. The molecule has 0 bridgehead atoms. The third kappa shape index (κ3) is 6.14. The Balaban J connectivity index is 1.35. The van der Waals surface area contributed by atoms with Crippen LogP contribution in [-0.4, -0.2) is 69.5 Å². The summed E-state index contributed by atoms with van der Waals surface area (Å²) in [6.07, 6.45) is 10.4. The molecule has 0 atom stereocenters. The molecule has 0 unspecified atom stereocenters. The van der Waals surface area contributed by atoms with Crippen LogP contribution < -0.4 is 16.0 Å². The third-order valence-electron chi connectivity index (χ3n) is 6.65. The minimum Gasteiger partial charge on any atom is -0.383 e. The van der Waals surface area contributed by atoms with Gasteiger partial charge in [-0.2, -0.15) is 5.26 Å². The quantitative estimate of drug-likeness (QED) is 0.516. The largest absolute Gasteiger partial charge is 0.383 e. The van der Waals surface area contributed by atoms with Crippen molar-refractivity contribution in [2.45, 2.75) is 63.5 Å². The molecule has 0 aromatic heterocycles. The molecule has 0 saturated heterocycles. The van der Waals surface area contributed by atoms with Gasteiger partial charge in [-0.05, 0) is 56.6 Å². The second kappa shape index (κ2) is 10.4. The number of nitriles is 1. The molecular formula is C23H35N7O. The lowest BCUT2D eigenvalue weighted by molar-refractivity contribution is 0.191. The van der Waals surface area contributed by atoms with E-state index >= 15 is 0 Å². The number of hydrogen-bond acceptors (Lipinski definition) is 5. The first-order chi connectivity index (χ1) is 15.2. The highest BCUT2D eigenvalue weighted by molar-refractivity contribution is 6.12. The fourth-order valence-electron chi connectivity index (χ4n) is 4.41. The van der Waals surface area contributed by atoms with Gasteiger partial charge in [0.25, 0.3) is 0 Å². The summed E-state index contributed by atoms with van der Waals surface area (Å²) in [5.74, 6) is 1.68. The normalized spacial score (nSPS) is 30.1. The second-order valence-corrected chi connectivity index (χ2v) is 9.08. The van der Waals surface area contributed by atoms with Crippen LogP contribution in [0.5, 0.6) is 0 Å². The number of rotatable bonds is 8. The summed E-state index contributed by atoms with van der Waals surface area (Å²) in [7, 11) is 1.74. The van der Waals surface area contributed by atoms with Crippen molar-refractivity contribution in [1.29, 1.82) is 5.26 Å². The molecule has 0 aromatic carbocycles. The zero-order chi connectivity index (χ0) is 21.5. The van der Waals surface area contributed by atoms with Crippen molar-refractivity contribution in [2.75, 3.05) is 39.9 Å². The van der Waals surface area contributed by atoms with Crippen LogP contribution in [0.15, 0.2) is 26.6 Å². The minimum absolute atomic E-state index is 0.204. The van der Waals surface area contributed by atoms with E-state index in [0.29, 0.717) is 18.6 Å². The summed E-state index contributed by atoms with van der Waals surface area (Å²) in [6.45, 7) is 4.02. The highest BCUT2D eigenvalue weighted by Gasteiger charge is 2.43. The Morgan fingerprint density at radius 3 is 2.77 bits per heavy atom. The first-order valence-electron chi connectivity index (χ1n) is 11.7. The highest BCUT2D eigenvalue weighted by Crippen LogP contribution is 2.45. The highest BCUT2D eigenvalue weighted by atomic mass is 16.5. The Morgan fingerprint density at radius 1 is 1.23 bits per heavy atom. The molecule has 2 aliphatic carbocycles. The van der Waals surface area contributed by atoms with Crippen LogP contribution in [0.4, 0.5) is 0 Å². The Morgan fingerprint density at radius 2 is 2.03 bits per heavy atom. The third-order valence-corrected chi connectivity index (χ3v) is 6.65. The number of ether oxygens (including phenoxy) is 1. The van der Waals surface area contributed by atoms with Crippen LogP contribution >= 0.6 is 0 Å². The number of nitrogens with zero attached hydrogens (tertiary/aromatic N) is 4. The van der Waals surface area contributed by atoms with Gasteiger partial charge in [-0.1, -0.05) is 0 Å². The molecule has 0 radical (unpaired) electrons. The maximum atomic E-state index is 9.27. The van der Waals surface area contributed by atoms with Crippen LogP contribution in [0.2, 0.25) is 0 Å². The van der Waals surface area contributed by atoms with Gasteiger partial charge in [0.1, 0.15) is 5.84 Å². The van der Waals surface area contributed by atoms with Crippen molar-refractivity contribution in [3.63, 3.8) is 0 Å². The van der Waals surface area contributed by atoms with Crippen molar-refractivity contribution < 1.29 is 4.74 Å². The molecule has 8 heteroatoms. The average Bonchev–Trinajstić information content (AvgIpc) is 3.60. The van der Waals surface area contributed by atoms with Crippen LogP contribution in [0.3, 0.4) is 0 Å². The smallest absolute Gasteiger partial charge is 0.218 e. The van der Waals surface area contributed by atoms with Gasteiger partial charge in [-0.3, -0.25) is 4.99 Å². The van der Waals surface area contributed by atoms with Gasteiger partial charge in [-0.25, -0.2) is 9.98 Å². The molecular weight excluding hydrogens is 390 g/mol. The molecule has 0 amide bonds. The van der Waals surface area contributed by atoms with Gasteiger partial charge >= 0.3 is 0 Å². The summed E-state index contributed by atoms with van der Waals surface area (Å²) in [5, 5.41) is 19.6. The molecule has 2 fully saturated rings. The van der Waals surface area contributed by atoms with Crippen molar-refractivity contribution in [2.24, 2.45) is 20.4 Å². The number of methoxy groups -OCH3 is 1. The van der Waals surface area contributed by atoms with Gasteiger partial charge in [0.05, 0.1) is 30.7 Å². The van der Waals surface area contributed by atoms with E-state index in [9.17, 15) is 5.26 Å². The SMILES string of the molecule is COCCNC1CCC(N=C2N=C(C3=CC(=NCC4(C#N)CC4)NCC3)CCN2)CC1. The Kier molecular flexibility index (Phi) is 7.36. The van der Waals surface area contributed by atoms with Crippen molar-refractivity contribution in [3.8, 4) is 6.07 Å². The van der Waals surface area contributed by atoms with Gasteiger partial charge < -0.3 is 20.7 Å². The molecule has 0 aromatic rings. The number of aliphatic imine (C=N–C) groups is 3. The van der Waals surface area contributed by atoms with E-state index in [-0.39, 0.29) is 5.41 Å². The Labute approximate surface area is 185 Å². The number of guanidine groups is 1. The predicted octanol–water partition coefficient (Wildman–Crippen LogP) is 1.95. The molecule has 3 N–H and O–H groups in total. The minimum atomic E-state index is -0.204. The molecule has 0 spiro atoms. The van der Waals surface area contributed by atoms with E-state index < -0.39 is 0 Å². The van der Waals surface area contributed by atoms with E-state index in [2.05, 4.69) is 33.1 Å². The van der Waals surface area contributed by atoms with E-state index in [1.807, 2.05) is 0 Å². The predicted molar refractivity (Wildman–Crippen MR) is 124 cm³/mol. The van der Waals surface area contributed by atoms with Crippen LogP contribution in [0.1, 0.15) is 51.4 Å². The Hall–Kier alpha value is -2.24. The van der Waals surface area contributed by atoms with E-state index in [0.717, 1.165) is 95.1 Å². The molecule has 2 aliphatic heterocycles. The number of amidine groups is 1. The maximum Gasteiger partial charge on any atom is 0.218 e. The molecule has 4 rings (SSSR count). The summed E-state index contributed by atoms with van der Waals surface area (Å²) < 4.78 is 5.12. The Bertz CT molecular complexity index is 795. The summed E-state index contributed by atoms with van der Waals surface area (Å²) in [5.41, 5.74) is 2.17. The van der Waals surface area contributed by atoms with Crippen LogP contribution in [0.25, 0.3) is 0 Å². The van der Waals surface area contributed by atoms with E-state index in [4.69, 9.17) is 14.7 Å². The van der Waals surface area contributed by atoms with Crippen LogP contribution in [0, 0.1) is 16.7 Å². The van der Waals surface area contributed by atoms with Gasteiger partial charge in [0.2, 0.25) is 5.96 Å². The summed E-state index contributed by atoms with van der Waals surface area (Å²) >= 11 is 0. The van der Waals surface area contributed by atoms with Crippen LogP contribution in [-0.2, 0) is 4.74 Å². The standard InChI is InChI=1S/C23H35N7O/c1-31-13-12-25-18-2-4-19(5-3-18)29-22-27-11-7-20(30-22)17-6-10-26-21(14-17)28-16-23(15-24)8-9-23/h14,18-19,25H,2-13,16H2,1H3,(H,26,28)(H,27,29). The number of nitrogens with one attached hydrogen (secondary N) is 3. The molecule has 31 heavy (non-hydrogen) atoms. The first kappa shape index (κ1) is 22.0. The molecule has 2 saturated carbocycles. The zero-order valence-electron chi connectivity index (χ0n) is 18.6. The van der Waals surface area contributed by atoms with E-state index in [1.165, 1.54) is 5.57 Å². The fourth-order valence-corrected chi connectivity index (χ4v) is 4.41. The molecule has 4 aliphatic rings. The van der Waals surface area contributed by atoms with E-state index in [1.54, 1.807) is 7.11 Å². The lowest BCUT2D eigenvalue weighted by Crippen LogP contribution is -2.38. The first-order valence-corrected chi connectivity index (χ1v) is 11.7. The van der Waals surface area contributed by atoms with Gasteiger partial charge in [0, 0.05) is 44.9 Å². The monoisotopic (exact) mass is 425 g/mol. The van der Waals surface area contributed by atoms with Crippen molar-refractivity contribution >= 4 is 17.5 Å². The fraction of sp³-hybridized carbons (Fsp3) is 0.739. The molecule has 8 nitrogen and oxygen atoms in total. The molecule has 168 valence electrons. The topological polar surface area (TPSA) is 106 Å². The van der Waals surface area contributed by atoms with Crippen molar-refractivity contribution in [1.82, 2.24) is 16.0 Å². The average molecular weight is 426 g/mol. The van der Waals surface area contributed by atoms with Gasteiger partial charge in [0.15, 0.2) is 0 Å². The summed E-state index contributed by atoms with van der Waals surface area (Å²) in [6, 6.07) is 3.35. The number of hydrogen-bond donors (Lipinski definition) is 3. The van der Waals surface area contributed by atoms with Crippen molar-refractivity contribution in [3.05, 3.63) is 11.6 Å². The summed E-state index contributed by atoms with van der Waals surface area (Å²) in [4.78, 5) is 14.5. The molecule has 2 heterocycles. The maximum absolute atomic E-state index is 9.27. The second-order valence-electron chi connectivity index (χ2n) is 9.08. The van der Waals surface area contributed by atoms with Gasteiger partial charge in [-0.15, -0.1) is 0 Å². The lowest BCUT2D eigenvalue weighted by atomic mass is 9.91.